The summed E-state index contributed by atoms with van der Waals surface area (Å²) in [7, 11) is 1.68. The molecule has 4 nitrogen and oxygen atoms in total. The van der Waals surface area contributed by atoms with Crippen molar-refractivity contribution in [1.29, 1.82) is 0 Å². The highest BCUT2D eigenvalue weighted by Gasteiger charge is 2.20. The van der Waals surface area contributed by atoms with Gasteiger partial charge in [0.1, 0.15) is 5.75 Å². The van der Waals surface area contributed by atoms with E-state index in [0.717, 1.165) is 41.9 Å². The Labute approximate surface area is 161 Å². The van der Waals surface area contributed by atoms with E-state index in [1.54, 1.807) is 19.2 Å². The molecule has 142 valence electrons. The van der Waals surface area contributed by atoms with Crippen LogP contribution in [0.15, 0.2) is 41.6 Å². The molecule has 0 unspecified atom stereocenters. The van der Waals surface area contributed by atoms with E-state index in [1.165, 1.54) is 11.1 Å². The maximum Gasteiger partial charge on any atom is 0.365 e. The Balaban J connectivity index is 1.79. The van der Waals surface area contributed by atoms with Crippen LogP contribution in [0.3, 0.4) is 0 Å². The van der Waals surface area contributed by atoms with Crippen LogP contribution in [0.5, 0.6) is 5.75 Å². The van der Waals surface area contributed by atoms with E-state index in [-0.39, 0.29) is 5.41 Å². The number of nitrogens with zero attached hydrogens (tertiary/aromatic N) is 1. The van der Waals surface area contributed by atoms with E-state index >= 15 is 0 Å². The van der Waals surface area contributed by atoms with E-state index < -0.39 is 5.97 Å². The molecule has 2 aromatic carbocycles. The van der Waals surface area contributed by atoms with Gasteiger partial charge < -0.3 is 9.57 Å². The summed E-state index contributed by atoms with van der Waals surface area (Å²) < 4.78 is 5.41. The maximum atomic E-state index is 12.4. The zero-order chi connectivity index (χ0) is 19.6. The molecule has 0 aromatic heterocycles. The van der Waals surface area contributed by atoms with Crippen molar-refractivity contribution in [3.63, 3.8) is 0 Å². The zero-order valence-electron chi connectivity index (χ0n) is 16.8. The minimum absolute atomic E-state index is 0.0490. The molecule has 1 aliphatic carbocycles. The largest absolute Gasteiger partial charge is 0.496 e. The van der Waals surface area contributed by atoms with Crippen LogP contribution in [-0.2, 0) is 16.7 Å². The molecular weight excluding hydrogens is 338 g/mol. The van der Waals surface area contributed by atoms with E-state index in [9.17, 15) is 4.79 Å². The molecule has 0 amide bonds. The summed E-state index contributed by atoms with van der Waals surface area (Å²) in [4.78, 5) is 17.6. The minimum atomic E-state index is -0.430. The van der Waals surface area contributed by atoms with E-state index in [4.69, 9.17) is 9.57 Å². The first-order valence-electron chi connectivity index (χ1n) is 9.36. The second kappa shape index (κ2) is 7.55. The summed E-state index contributed by atoms with van der Waals surface area (Å²) >= 11 is 0. The van der Waals surface area contributed by atoms with Crippen LogP contribution in [0.25, 0.3) is 0 Å². The van der Waals surface area contributed by atoms with Gasteiger partial charge in [0, 0.05) is 5.56 Å². The third-order valence-corrected chi connectivity index (χ3v) is 5.02. The highest BCUT2D eigenvalue weighted by molar-refractivity contribution is 6.03. The molecule has 0 N–H and O–H groups in total. The molecule has 0 bridgehead atoms. The predicted octanol–water partition coefficient (Wildman–Crippen LogP) is 5.20. The van der Waals surface area contributed by atoms with Gasteiger partial charge >= 0.3 is 5.97 Å². The first-order chi connectivity index (χ1) is 12.8. The molecule has 27 heavy (non-hydrogen) atoms. The molecule has 0 fully saturated rings. The van der Waals surface area contributed by atoms with Gasteiger partial charge in [0.05, 0.1) is 18.4 Å². The third kappa shape index (κ3) is 4.21. The van der Waals surface area contributed by atoms with Gasteiger partial charge in [-0.05, 0) is 72.6 Å². The number of benzene rings is 2. The molecule has 2 aromatic rings. The molecule has 0 saturated heterocycles. The number of oxime groups is 1. The van der Waals surface area contributed by atoms with Crippen LogP contribution in [0.1, 0.15) is 66.2 Å². The lowest BCUT2D eigenvalue weighted by Crippen LogP contribution is -2.14. The van der Waals surface area contributed by atoms with Gasteiger partial charge in [-0.1, -0.05) is 38.1 Å². The predicted molar refractivity (Wildman–Crippen MR) is 108 cm³/mol. The quantitative estimate of drug-likeness (QED) is 0.555. The molecular formula is C23H27NO3. The lowest BCUT2D eigenvalue weighted by atomic mass is 9.87. The SMILES string of the molecule is COc1cc2c(cc1C)/C(=N/OC(=O)c1ccc(C(C)(C)C)cc1)CCC2. The van der Waals surface area contributed by atoms with Crippen molar-refractivity contribution in [1.82, 2.24) is 0 Å². The number of carbonyl (C=O) groups excluding carboxylic acids is 1. The van der Waals surface area contributed by atoms with Crippen molar-refractivity contribution in [3.05, 3.63) is 64.2 Å². The first kappa shape index (κ1) is 19.2. The number of methoxy groups -OCH3 is 1. The van der Waals surface area contributed by atoms with Gasteiger partial charge in [-0.2, -0.15) is 0 Å². The molecule has 0 saturated carbocycles. The highest BCUT2D eigenvalue weighted by atomic mass is 16.7. The number of aryl methyl sites for hydroxylation is 2. The number of ether oxygens (including phenoxy) is 1. The average molecular weight is 365 g/mol. The summed E-state index contributed by atoms with van der Waals surface area (Å²) in [5.74, 6) is 0.450. The average Bonchev–Trinajstić information content (AvgIpc) is 2.65. The van der Waals surface area contributed by atoms with Crippen molar-refractivity contribution >= 4 is 11.7 Å². The minimum Gasteiger partial charge on any atom is -0.496 e. The number of hydrogen-bond donors (Lipinski definition) is 0. The Morgan fingerprint density at radius 2 is 1.78 bits per heavy atom. The lowest BCUT2D eigenvalue weighted by molar-refractivity contribution is 0.0515. The van der Waals surface area contributed by atoms with E-state index in [1.807, 2.05) is 19.1 Å². The number of carbonyl (C=O) groups is 1. The fraction of sp³-hybridized carbons (Fsp3) is 0.391. The summed E-state index contributed by atoms with van der Waals surface area (Å²) in [6, 6.07) is 11.7. The smallest absolute Gasteiger partial charge is 0.365 e. The Bertz CT molecular complexity index is 874. The standard InChI is InChI=1S/C23H27NO3/c1-15-13-19-17(14-21(15)26-5)7-6-8-20(19)24-27-22(25)16-9-11-18(12-10-16)23(2,3)4/h9-14H,6-8H2,1-5H3/b24-20+. The molecule has 0 heterocycles. The van der Waals surface area contributed by atoms with Gasteiger partial charge in [0.15, 0.2) is 0 Å². The maximum absolute atomic E-state index is 12.4. The fourth-order valence-corrected chi connectivity index (χ4v) is 3.36. The summed E-state index contributed by atoms with van der Waals surface area (Å²) in [6.45, 7) is 8.44. The fourth-order valence-electron chi connectivity index (χ4n) is 3.36. The molecule has 0 aliphatic heterocycles. The van der Waals surface area contributed by atoms with Crippen LogP contribution in [-0.4, -0.2) is 18.8 Å². The van der Waals surface area contributed by atoms with E-state index in [2.05, 4.69) is 38.1 Å². The third-order valence-electron chi connectivity index (χ3n) is 5.02. The van der Waals surface area contributed by atoms with Crippen LogP contribution < -0.4 is 4.74 Å². The van der Waals surface area contributed by atoms with Crippen LogP contribution in [0, 0.1) is 6.92 Å². The first-order valence-corrected chi connectivity index (χ1v) is 9.36. The molecule has 1 aliphatic rings. The Morgan fingerprint density at radius 1 is 1.07 bits per heavy atom. The van der Waals surface area contributed by atoms with Crippen molar-refractivity contribution < 1.29 is 14.4 Å². The van der Waals surface area contributed by atoms with E-state index in [0.29, 0.717) is 5.56 Å². The topological polar surface area (TPSA) is 47.9 Å². The summed E-state index contributed by atoms with van der Waals surface area (Å²) in [5.41, 5.74) is 5.85. The summed E-state index contributed by atoms with van der Waals surface area (Å²) in [5, 5.41) is 4.19. The normalized spacial score (nSPS) is 15.4. The molecule has 0 radical (unpaired) electrons. The molecule has 3 rings (SSSR count). The van der Waals surface area contributed by atoms with Gasteiger partial charge in [0.2, 0.25) is 0 Å². The van der Waals surface area contributed by atoms with Crippen LogP contribution in [0.4, 0.5) is 0 Å². The monoisotopic (exact) mass is 365 g/mol. The Kier molecular flexibility index (Phi) is 5.36. The van der Waals surface area contributed by atoms with Gasteiger partial charge in [0.25, 0.3) is 0 Å². The van der Waals surface area contributed by atoms with Crippen LogP contribution >= 0.6 is 0 Å². The number of rotatable bonds is 3. The Morgan fingerprint density at radius 3 is 2.41 bits per heavy atom. The highest BCUT2D eigenvalue weighted by Crippen LogP contribution is 2.29. The van der Waals surface area contributed by atoms with Crippen molar-refractivity contribution in [2.24, 2.45) is 5.16 Å². The molecule has 4 heteroatoms. The molecule has 0 atom stereocenters. The van der Waals surface area contributed by atoms with Gasteiger partial charge in [-0.3, -0.25) is 0 Å². The number of fused-ring (bicyclic) bond motifs is 1. The van der Waals surface area contributed by atoms with Crippen molar-refractivity contribution in [3.8, 4) is 5.75 Å². The Hall–Kier alpha value is -2.62. The second-order valence-electron chi connectivity index (χ2n) is 8.08. The van der Waals surface area contributed by atoms with Gasteiger partial charge in [-0.25, -0.2) is 4.79 Å². The van der Waals surface area contributed by atoms with Crippen molar-refractivity contribution in [2.45, 2.75) is 52.4 Å². The van der Waals surface area contributed by atoms with Crippen molar-refractivity contribution in [2.75, 3.05) is 7.11 Å². The summed E-state index contributed by atoms with van der Waals surface area (Å²) in [6.07, 6.45) is 2.76. The van der Waals surface area contributed by atoms with Gasteiger partial charge in [-0.15, -0.1) is 0 Å². The lowest BCUT2D eigenvalue weighted by Gasteiger charge is -2.20. The molecule has 0 spiro atoms. The second-order valence-corrected chi connectivity index (χ2v) is 8.08. The number of hydrogen-bond acceptors (Lipinski definition) is 4. The zero-order valence-corrected chi connectivity index (χ0v) is 16.8. The van der Waals surface area contributed by atoms with Crippen LogP contribution in [0.2, 0.25) is 0 Å².